The van der Waals surface area contributed by atoms with Gasteiger partial charge in [0.15, 0.2) is 5.58 Å². The normalized spacial score (nSPS) is 12.4. The van der Waals surface area contributed by atoms with Crippen LogP contribution >= 0.6 is 35.0 Å². The minimum absolute atomic E-state index is 0.0706. The van der Waals surface area contributed by atoms with Crippen molar-refractivity contribution in [3.8, 4) is 0 Å². The molecule has 5 aromatic rings. The van der Waals surface area contributed by atoms with E-state index in [2.05, 4.69) is 46.7 Å². The Morgan fingerprint density at radius 1 is 0.947 bits per heavy atom. The maximum atomic E-state index is 12.4. The summed E-state index contributed by atoms with van der Waals surface area (Å²) in [6.07, 6.45) is 0. The fraction of sp³-hybridized carbons (Fsp3) is 0.133. The Labute approximate surface area is 234 Å². The number of anilines is 1. The van der Waals surface area contributed by atoms with Crippen LogP contribution in [0.15, 0.2) is 101 Å². The number of rotatable bonds is 9. The molecule has 0 aliphatic heterocycles. The van der Waals surface area contributed by atoms with E-state index in [-0.39, 0.29) is 11.8 Å². The molecule has 0 saturated carbocycles. The number of halogens is 2. The van der Waals surface area contributed by atoms with E-state index >= 15 is 0 Å². The molecule has 0 saturated heterocycles. The molecule has 0 spiro atoms. The van der Waals surface area contributed by atoms with E-state index in [4.69, 9.17) is 27.6 Å². The lowest BCUT2D eigenvalue weighted by molar-refractivity contribution is -0.137. The molecule has 38 heavy (non-hydrogen) atoms. The first-order valence-electron chi connectivity index (χ1n) is 11.9. The van der Waals surface area contributed by atoms with Gasteiger partial charge in [0.05, 0.1) is 9.77 Å². The van der Waals surface area contributed by atoms with Gasteiger partial charge < -0.3 is 14.8 Å². The summed E-state index contributed by atoms with van der Waals surface area (Å²) in [6.45, 7) is 1.78. The highest BCUT2D eigenvalue weighted by atomic mass is 35.5. The summed E-state index contributed by atoms with van der Waals surface area (Å²) in [7, 11) is 0. The number of aliphatic carboxylic acids is 1. The SMILES string of the molecule is Cc1c(Cl)cc2nc(NC(CSC(c3ccccc3)(c3ccccc3)c3ccccc3)C(=O)O)oc2c1Cl. The third-order valence-electron chi connectivity index (χ3n) is 6.41. The van der Waals surface area contributed by atoms with Crippen molar-refractivity contribution in [1.82, 2.24) is 4.98 Å². The highest BCUT2D eigenvalue weighted by molar-refractivity contribution is 8.00. The third-order valence-corrected chi connectivity index (χ3v) is 8.89. The van der Waals surface area contributed by atoms with Crippen LogP contribution in [0, 0.1) is 6.92 Å². The van der Waals surface area contributed by atoms with Crippen molar-refractivity contribution in [3.05, 3.63) is 129 Å². The summed E-state index contributed by atoms with van der Waals surface area (Å²) in [4.78, 5) is 16.8. The van der Waals surface area contributed by atoms with Gasteiger partial charge in [-0.1, -0.05) is 114 Å². The van der Waals surface area contributed by atoms with Gasteiger partial charge in [-0.3, -0.25) is 0 Å². The quantitative estimate of drug-likeness (QED) is 0.177. The molecule has 0 fully saturated rings. The van der Waals surface area contributed by atoms with Gasteiger partial charge in [0, 0.05) is 10.8 Å². The second-order valence-electron chi connectivity index (χ2n) is 8.79. The lowest BCUT2D eigenvalue weighted by Crippen LogP contribution is -2.35. The van der Waals surface area contributed by atoms with Crippen LogP contribution < -0.4 is 5.32 Å². The number of aromatic nitrogens is 1. The highest BCUT2D eigenvalue weighted by Gasteiger charge is 2.38. The Hall–Kier alpha value is -3.45. The van der Waals surface area contributed by atoms with Gasteiger partial charge in [0.2, 0.25) is 0 Å². The molecule has 0 amide bonds. The topological polar surface area (TPSA) is 75.4 Å². The number of oxazole rings is 1. The van der Waals surface area contributed by atoms with E-state index < -0.39 is 16.8 Å². The summed E-state index contributed by atoms with van der Waals surface area (Å²) in [5, 5.41) is 13.9. The number of carboxylic acids is 1. The minimum Gasteiger partial charge on any atom is -0.480 e. The maximum absolute atomic E-state index is 12.4. The molecule has 0 aliphatic rings. The average Bonchev–Trinajstić information content (AvgIpc) is 3.35. The van der Waals surface area contributed by atoms with Gasteiger partial charge in [-0.25, -0.2) is 4.79 Å². The lowest BCUT2D eigenvalue weighted by Gasteiger charge is -2.36. The van der Waals surface area contributed by atoms with Gasteiger partial charge in [-0.2, -0.15) is 4.98 Å². The number of nitrogens with zero attached hydrogens (tertiary/aromatic N) is 1. The number of carbonyl (C=O) groups is 1. The predicted octanol–water partition coefficient (Wildman–Crippen LogP) is 8.03. The Morgan fingerprint density at radius 2 is 1.45 bits per heavy atom. The Morgan fingerprint density at radius 3 is 1.92 bits per heavy atom. The van der Waals surface area contributed by atoms with Gasteiger partial charge in [0.25, 0.3) is 6.01 Å². The van der Waals surface area contributed by atoms with E-state index in [1.54, 1.807) is 13.0 Å². The number of thioether (sulfide) groups is 1. The van der Waals surface area contributed by atoms with Crippen LogP contribution in [0.2, 0.25) is 10.0 Å². The summed E-state index contributed by atoms with van der Waals surface area (Å²) < 4.78 is 5.16. The van der Waals surface area contributed by atoms with Gasteiger partial charge in [-0.05, 0) is 35.2 Å². The molecule has 1 unspecified atom stereocenters. The van der Waals surface area contributed by atoms with Crippen LogP contribution in [-0.4, -0.2) is 27.9 Å². The zero-order valence-electron chi connectivity index (χ0n) is 20.4. The number of fused-ring (bicyclic) bond motifs is 1. The molecule has 2 N–H and O–H groups in total. The molecular formula is C30H24Cl2N2O3S. The molecule has 1 heterocycles. The average molecular weight is 564 g/mol. The fourth-order valence-corrected chi connectivity index (χ4v) is 6.49. The molecule has 0 bridgehead atoms. The first-order chi connectivity index (χ1) is 18.4. The number of hydrogen-bond donors (Lipinski definition) is 2. The van der Waals surface area contributed by atoms with Crippen molar-refractivity contribution < 1.29 is 14.3 Å². The van der Waals surface area contributed by atoms with E-state index in [1.807, 2.05) is 54.6 Å². The molecule has 0 aliphatic carbocycles. The summed E-state index contributed by atoms with van der Waals surface area (Å²) in [5.41, 5.74) is 4.63. The van der Waals surface area contributed by atoms with Crippen LogP contribution in [-0.2, 0) is 9.54 Å². The molecule has 5 rings (SSSR count). The van der Waals surface area contributed by atoms with Crippen LogP contribution in [0.25, 0.3) is 11.1 Å². The van der Waals surface area contributed by atoms with Crippen LogP contribution in [0.5, 0.6) is 0 Å². The van der Waals surface area contributed by atoms with Gasteiger partial charge in [-0.15, -0.1) is 11.8 Å². The van der Waals surface area contributed by atoms with Gasteiger partial charge >= 0.3 is 5.97 Å². The number of hydrogen-bond acceptors (Lipinski definition) is 5. The smallest absolute Gasteiger partial charge is 0.327 e. The van der Waals surface area contributed by atoms with Crippen LogP contribution in [0.4, 0.5) is 6.01 Å². The highest BCUT2D eigenvalue weighted by Crippen LogP contribution is 2.48. The number of nitrogens with one attached hydrogen (secondary N) is 1. The lowest BCUT2D eigenvalue weighted by atomic mass is 9.84. The molecule has 1 atom stereocenters. The zero-order valence-corrected chi connectivity index (χ0v) is 22.7. The van der Waals surface area contributed by atoms with Crippen molar-refractivity contribution in [3.63, 3.8) is 0 Å². The Balaban J connectivity index is 1.54. The fourth-order valence-electron chi connectivity index (χ4n) is 4.45. The zero-order chi connectivity index (χ0) is 26.7. The Kier molecular flexibility index (Phi) is 7.65. The molecule has 1 aromatic heterocycles. The molecule has 5 nitrogen and oxygen atoms in total. The second kappa shape index (κ2) is 11.1. The number of carboxylic acid groups (broad SMARTS) is 1. The monoisotopic (exact) mass is 562 g/mol. The summed E-state index contributed by atoms with van der Waals surface area (Å²) in [6, 6.07) is 31.1. The standard InChI is InChI=1S/C30H24Cl2N2O3S/c1-19-23(31)17-24-27(26(19)32)37-29(33-24)34-25(28(35)36)18-38-30(20-11-5-2-6-12-20,21-13-7-3-8-14-21)22-15-9-4-10-16-22/h2-17,25H,18H2,1H3,(H,33,34)(H,35,36). The Bertz CT molecular complexity index is 1460. The van der Waals surface area contributed by atoms with Crippen LogP contribution in [0.3, 0.4) is 0 Å². The largest absolute Gasteiger partial charge is 0.480 e. The van der Waals surface area contributed by atoms with E-state index in [1.165, 1.54) is 11.8 Å². The summed E-state index contributed by atoms with van der Waals surface area (Å²) >= 11 is 14.2. The van der Waals surface area contributed by atoms with Crippen molar-refractivity contribution >= 4 is 58.0 Å². The van der Waals surface area contributed by atoms with Crippen molar-refractivity contribution in [2.75, 3.05) is 11.1 Å². The second-order valence-corrected chi connectivity index (χ2v) is 10.8. The van der Waals surface area contributed by atoms with E-state index in [0.717, 1.165) is 16.7 Å². The summed E-state index contributed by atoms with van der Waals surface area (Å²) in [5.74, 6) is -0.816. The molecule has 8 heteroatoms. The molecule has 4 aromatic carbocycles. The van der Waals surface area contributed by atoms with E-state index in [9.17, 15) is 9.90 Å². The third kappa shape index (κ3) is 4.99. The van der Waals surface area contributed by atoms with Crippen molar-refractivity contribution in [2.24, 2.45) is 0 Å². The van der Waals surface area contributed by atoms with Gasteiger partial charge in [0.1, 0.15) is 11.6 Å². The van der Waals surface area contributed by atoms with Crippen molar-refractivity contribution in [2.45, 2.75) is 17.7 Å². The van der Waals surface area contributed by atoms with E-state index in [0.29, 0.717) is 26.7 Å². The van der Waals surface area contributed by atoms with Crippen LogP contribution in [0.1, 0.15) is 22.3 Å². The first-order valence-corrected chi connectivity index (χ1v) is 13.7. The molecule has 192 valence electrons. The molecular weight excluding hydrogens is 539 g/mol. The van der Waals surface area contributed by atoms with Crippen molar-refractivity contribution in [1.29, 1.82) is 0 Å². The maximum Gasteiger partial charge on any atom is 0.327 e. The predicted molar refractivity (Wildman–Crippen MR) is 155 cm³/mol. The first kappa shape index (κ1) is 26.2. The number of benzene rings is 4. The minimum atomic E-state index is -1.02. The molecule has 0 radical (unpaired) electrons.